The van der Waals surface area contributed by atoms with E-state index in [-0.39, 0.29) is 31.7 Å². The van der Waals surface area contributed by atoms with Gasteiger partial charge in [-0.15, -0.1) is 0 Å². The van der Waals surface area contributed by atoms with Crippen LogP contribution in [-0.2, 0) is 23.5 Å². The Morgan fingerprint density at radius 3 is 2.60 bits per heavy atom. The number of nitrogens with one attached hydrogen (secondary N) is 1. The lowest BCUT2D eigenvalue weighted by Crippen LogP contribution is -2.39. The van der Waals surface area contributed by atoms with Gasteiger partial charge in [-0.1, -0.05) is 0 Å². The Kier molecular flexibility index (Phi) is 4.72. The van der Waals surface area contributed by atoms with Crippen LogP contribution in [0.25, 0.3) is 10.9 Å². The molecule has 0 amide bonds. The zero-order chi connectivity index (χ0) is 18.2. The van der Waals surface area contributed by atoms with Crippen LogP contribution in [0, 0.1) is 0 Å². The topological polar surface area (TPSA) is 67.2 Å². The van der Waals surface area contributed by atoms with E-state index in [0.717, 1.165) is 22.2 Å². The Labute approximate surface area is 145 Å². The van der Waals surface area contributed by atoms with E-state index >= 15 is 0 Å². The van der Waals surface area contributed by atoms with Gasteiger partial charge in [0.25, 0.3) is 5.92 Å². The highest BCUT2D eigenvalue weighted by Crippen LogP contribution is 2.33. The van der Waals surface area contributed by atoms with E-state index in [1.807, 2.05) is 23.2 Å². The summed E-state index contributed by atoms with van der Waals surface area (Å²) in [5.41, 5.74) is 2.40. The summed E-state index contributed by atoms with van der Waals surface area (Å²) in [6, 6.07) is 3.81. The third-order valence-electron chi connectivity index (χ3n) is 4.60. The minimum Gasteiger partial charge on any atom is -0.371 e. The van der Waals surface area contributed by atoms with E-state index in [2.05, 4.69) is 9.82 Å². The molecule has 0 saturated carbocycles. The summed E-state index contributed by atoms with van der Waals surface area (Å²) in [6.07, 6.45) is 1.84. The van der Waals surface area contributed by atoms with Crippen molar-refractivity contribution in [2.75, 3.05) is 30.8 Å². The van der Waals surface area contributed by atoms with Crippen LogP contribution < -0.4 is 9.62 Å². The maximum absolute atomic E-state index is 13.4. The zero-order valence-corrected chi connectivity index (χ0v) is 15.1. The quantitative estimate of drug-likeness (QED) is 0.871. The fraction of sp³-hybridized carbons (Fsp3) is 0.562. The van der Waals surface area contributed by atoms with Crippen molar-refractivity contribution in [3.05, 3.63) is 23.9 Å². The average molecular weight is 372 g/mol. The summed E-state index contributed by atoms with van der Waals surface area (Å²) in [5.74, 6) is -2.64. The molecule has 1 aromatic heterocycles. The summed E-state index contributed by atoms with van der Waals surface area (Å²) >= 11 is 0. The number of aryl methyl sites for hydroxylation is 2. The number of hydrogen-bond acceptors (Lipinski definition) is 4. The minimum absolute atomic E-state index is 0.0449. The number of hydrogen-bond donors (Lipinski definition) is 1. The van der Waals surface area contributed by atoms with Crippen molar-refractivity contribution in [1.82, 2.24) is 14.5 Å². The largest absolute Gasteiger partial charge is 0.371 e. The van der Waals surface area contributed by atoms with Gasteiger partial charge in [-0.2, -0.15) is 5.10 Å². The molecule has 25 heavy (non-hydrogen) atoms. The van der Waals surface area contributed by atoms with Gasteiger partial charge in [0.1, 0.15) is 0 Å². The molecule has 0 bridgehead atoms. The smallest absolute Gasteiger partial charge is 0.251 e. The molecule has 0 atom stereocenters. The van der Waals surface area contributed by atoms with Crippen LogP contribution in [0.2, 0.25) is 0 Å². The molecule has 0 radical (unpaired) electrons. The molecule has 1 aliphatic heterocycles. The number of sulfonamides is 1. The monoisotopic (exact) mass is 372 g/mol. The molecule has 1 fully saturated rings. The molecule has 0 spiro atoms. The summed E-state index contributed by atoms with van der Waals surface area (Å²) in [4.78, 5) is 1.93. The Morgan fingerprint density at radius 1 is 1.28 bits per heavy atom. The molecule has 3 rings (SSSR count). The summed E-state index contributed by atoms with van der Waals surface area (Å²) < 4.78 is 54.3. The first-order chi connectivity index (χ1) is 11.7. The van der Waals surface area contributed by atoms with Crippen molar-refractivity contribution in [2.24, 2.45) is 7.05 Å². The fourth-order valence-corrected chi connectivity index (χ4v) is 3.81. The second-order valence-electron chi connectivity index (χ2n) is 6.46. The van der Waals surface area contributed by atoms with Crippen LogP contribution in [0.5, 0.6) is 0 Å². The van der Waals surface area contributed by atoms with E-state index in [0.29, 0.717) is 6.42 Å². The van der Waals surface area contributed by atoms with Gasteiger partial charge in [-0.05, 0) is 31.2 Å². The first-order valence-corrected chi connectivity index (χ1v) is 9.85. The lowest BCUT2D eigenvalue weighted by Gasteiger charge is -2.33. The number of halogens is 2. The van der Waals surface area contributed by atoms with E-state index in [1.165, 1.54) is 7.05 Å². The third kappa shape index (κ3) is 4.09. The molecule has 0 aliphatic carbocycles. The Hall–Kier alpha value is -1.74. The average Bonchev–Trinajstić information content (AvgIpc) is 2.93. The summed E-state index contributed by atoms with van der Waals surface area (Å²) in [5, 5.41) is 5.30. The molecule has 1 N–H and O–H groups in total. The molecule has 1 saturated heterocycles. The second kappa shape index (κ2) is 6.53. The Morgan fingerprint density at radius 2 is 1.96 bits per heavy atom. The third-order valence-corrected chi connectivity index (χ3v) is 5.96. The lowest BCUT2D eigenvalue weighted by molar-refractivity contribution is -0.0220. The predicted octanol–water partition coefficient (Wildman–Crippen LogP) is 1.90. The highest BCUT2D eigenvalue weighted by atomic mass is 32.2. The molecule has 2 heterocycles. The number of piperidine rings is 1. The minimum atomic E-state index is -3.33. The van der Waals surface area contributed by atoms with Gasteiger partial charge >= 0.3 is 0 Å². The lowest BCUT2D eigenvalue weighted by atomic mass is 10.0. The summed E-state index contributed by atoms with van der Waals surface area (Å²) in [6.45, 7) is 0.569. The van der Waals surface area contributed by atoms with Crippen molar-refractivity contribution >= 4 is 26.6 Å². The standard InChI is InChI=1S/C16H22F2N4O2S/c1-19-25(23,24)8-3-12-9-14(10-13-11-21(2)20-15(12)13)22-6-4-16(17,18)5-7-22/h9-11,19H,3-8H2,1-2H3. The van der Waals surface area contributed by atoms with Gasteiger partial charge in [0, 0.05) is 50.2 Å². The number of benzene rings is 1. The van der Waals surface area contributed by atoms with Gasteiger partial charge in [0.05, 0.1) is 11.3 Å². The molecule has 6 nitrogen and oxygen atoms in total. The van der Waals surface area contributed by atoms with E-state index in [4.69, 9.17) is 0 Å². The van der Waals surface area contributed by atoms with Crippen LogP contribution in [0.3, 0.4) is 0 Å². The molecular formula is C16H22F2N4O2S. The number of fused-ring (bicyclic) bond motifs is 1. The van der Waals surface area contributed by atoms with Gasteiger partial charge in [-0.3, -0.25) is 4.68 Å². The number of nitrogens with zero attached hydrogens (tertiary/aromatic N) is 3. The van der Waals surface area contributed by atoms with Crippen LogP contribution in [0.4, 0.5) is 14.5 Å². The molecule has 0 unspecified atom stereocenters. The van der Waals surface area contributed by atoms with Crippen LogP contribution in [0.1, 0.15) is 18.4 Å². The Balaban J connectivity index is 1.92. The van der Waals surface area contributed by atoms with E-state index < -0.39 is 15.9 Å². The van der Waals surface area contributed by atoms with Gasteiger partial charge < -0.3 is 4.90 Å². The predicted molar refractivity (Wildman–Crippen MR) is 93.7 cm³/mol. The SMILES string of the molecule is CNS(=O)(=O)CCc1cc(N2CCC(F)(F)CC2)cc2cn(C)nc12. The van der Waals surface area contributed by atoms with Crippen molar-refractivity contribution in [2.45, 2.75) is 25.2 Å². The van der Waals surface area contributed by atoms with Crippen molar-refractivity contribution in [3.8, 4) is 0 Å². The van der Waals surface area contributed by atoms with Crippen molar-refractivity contribution < 1.29 is 17.2 Å². The fourth-order valence-electron chi connectivity index (χ4n) is 3.12. The molecule has 2 aromatic rings. The highest BCUT2D eigenvalue weighted by Gasteiger charge is 2.34. The normalized spacial score (nSPS) is 18.0. The van der Waals surface area contributed by atoms with Crippen LogP contribution in [0.15, 0.2) is 18.3 Å². The molecule has 1 aromatic carbocycles. The number of anilines is 1. The van der Waals surface area contributed by atoms with Gasteiger partial charge in [0.2, 0.25) is 10.0 Å². The number of alkyl halides is 2. The van der Waals surface area contributed by atoms with Crippen LogP contribution >= 0.6 is 0 Å². The van der Waals surface area contributed by atoms with Gasteiger partial charge in [-0.25, -0.2) is 21.9 Å². The summed E-state index contributed by atoms with van der Waals surface area (Å²) in [7, 11) is -0.144. The van der Waals surface area contributed by atoms with E-state index in [1.54, 1.807) is 11.7 Å². The molecular weight excluding hydrogens is 350 g/mol. The zero-order valence-electron chi connectivity index (χ0n) is 14.3. The second-order valence-corrected chi connectivity index (χ2v) is 8.51. The van der Waals surface area contributed by atoms with Crippen molar-refractivity contribution in [1.29, 1.82) is 0 Å². The van der Waals surface area contributed by atoms with Crippen LogP contribution in [-0.4, -0.2) is 50.0 Å². The number of aromatic nitrogens is 2. The first kappa shape index (κ1) is 18.1. The molecule has 138 valence electrons. The Bertz CT molecular complexity index is 870. The highest BCUT2D eigenvalue weighted by molar-refractivity contribution is 7.89. The maximum Gasteiger partial charge on any atom is 0.251 e. The number of rotatable bonds is 5. The van der Waals surface area contributed by atoms with E-state index in [9.17, 15) is 17.2 Å². The van der Waals surface area contributed by atoms with Gasteiger partial charge in [0.15, 0.2) is 0 Å². The molecule has 1 aliphatic rings. The van der Waals surface area contributed by atoms with Crippen molar-refractivity contribution in [3.63, 3.8) is 0 Å². The molecule has 9 heteroatoms. The first-order valence-electron chi connectivity index (χ1n) is 8.19. The maximum atomic E-state index is 13.4.